The molecular weight excluding hydrogens is 343 g/mol. The van der Waals surface area contributed by atoms with E-state index >= 15 is 0 Å². The lowest BCUT2D eigenvalue weighted by Crippen LogP contribution is -2.52. The van der Waals surface area contributed by atoms with E-state index in [4.69, 9.17) is 5.73 Å². The van der Waals surface area contributed by atoms with Gasteiger partial charge < -0.3 is 11.1 Å². The maximum Gasteiger partial charge on any atom is 0.240 e. The van der Waals surface area contributed by atoms with Crippen LogP contribution in [0.15, 0.2) is 23.1 Å². The molecule has 0 heterocycles. The van der Waals surface area contributed by atoms with E-state index in [9.17, 15) is 17.6 Å². The first-order valence-electron chi connectivity index (χ1n) is 7.08. The van der Waals surface area contributed by atoms with Gasteiger partial charge in [0.2, 0.25) is 5.91 Å². The molecule has 5 nitrogen and oxygen atoms in total. The summed E-state index contributed by atoms with van der Waals surface area (Å²) in [5.74, 6) is -1.15. The first-order chi connectivity index (χ1) is 9.99. The van der Waals surface area contributed by atoms with E-state index in [0.717, 1.165) is 18.7 Å². The molecule has 0 spiro atoms. The van der Waals surface area contributed by atoms with Gasteiger partial charge in [0.25, 0.3) is 0 Å². The van der Waals surface area contributed by atoms with Crippen LogP contribution < -0.4 is 11.1 Å². The van der Waals surface area contributed by atoms with Crippen LogP contribution in [0, 0.1) is 5.82 Å². The summed E-state index contributed by atoms with van der Waals surface area (Å²) in [4.78, 5) is 11.8. The van der Waals surface area contributed by atoms with Crippen molar-refractivity contribution in [2.45, 2.75) is 50.1 Å². The van der Waals surface area contributed by atoms with E-state index < -0.39 is 27.2 Å². The van der Waals surface area contributed by atoms with Gasteiger partial charge in [-0.05, 0) is 38.0 Å². The molecule has 0 saturated carbocycles. The molecule has 2 unspecified atom stereocenters. The van der Waals surface area contributed by atoms with Gasteiger partial charge >= 0.3 is 0 Å². The number of halogens is 2. The Morgan fingerprint density at radius 3 is 2.43 bits per heavy atom. The molecule has 23 heavy (non-hydrogen) atoms. The third kappa shape index (κ3) is 5.75. The van der Waals surface area contributed by atoms with Gasteiger partial charge in [0.15, 0.2) is 9.84 Å². The van der Waals surface area contributed by atoms with E-state index in [2.05, 4.69) is 5.32 Å². The average Bonchev–Trinajstić information content (AvgIpc) is 2.36. The number of rotatable bonds is 6. The molecule has 0 aromatic heterocycles. The number of carbonyl (C=O) groups is 1. The molecule has 132 valence electrons. The number of hydrogen-bond donors (Lipinski definition) is 2. The van der Waals surface area contributed by atoms with E-state index in [0.29, 0.717) is 12.0 Å². The van der Waals surface area contributed by atoms with Crippen molar-refractivity contribution in [3.05, 3.63) is 29.6 Å². The highest BCUT2D eigenvalue weighted by molar-refractivity contribution is 7.90. The normalized spacial score (nSPS) is 15.2. The number of benzene rings is 1. The molecule has 0 bridgehead atoms. The molecule has 2 atom stereocenters. The van der Waals surface area contributed by atoms with Gasteiger partial charge in [0.1, 0.15) is 10.7 Å². The van der Waals surface area contributed by atoms with Crippen LogP contribution in [0.3, 0.4) is 0 Å². The second kappa shape index (κ2) is 8.08. The predicted molar refractivity (Wildman–Crippen MR) is 90.8 cm³/mol. The van der Waals surface area contributed by atoms with Crippen LogP contribution in [0.25, 0.3) is 0 Å². The van der Waals surface area contributed by atoms with Crippen molar-refractivity contribution in [1.82, 2.24) is 5.32 Å². The van der Waals surface area contributed by atoms with Crippen molar-refractivity contribution >= 4 is 28.2 Å². The Hall–Kier alpha value is -1.18. The van der Waals surface area contributed by atoms with E-state index in [-0.39, 0.29) is 23.2 Å². The number of hydrogen-bond acceptors (Lipinski definition) is 4. The number of sulfone groups is 1. The fourth-order valence-corrected chi connectivity index (χ4v) is 2.89. The van der Waals surface area contributed by atoms with Gasteiger partial charge in [-0.2, -0.15) is 0 Å². The summed E-state index contributed by atoms with van der Waals surface area (Å²) in [7, 11) is -3.61. The maximum atomic E-state index is 13.9. The van der Waals surface area contributed by atoms with E-state index in [1.807, 2.05) is 6.92 Å². The second-order valence-electron chi connectivity index (χ2n) is 5.82. The predicted octanol–water partition coefficient (Wildman–Crippen LogP) is 2.35. The van der Waals surface area contributed by atoms with Crippen LogP contribution in [0.1, 0.15) is 45.2 Å². The third-order valence-electron chi connectivity index (χ3n) is 3.49. The number of amides is 1. The standard InChI is InChI=1S/C15H23FN2O3S.ClH/c1-5-8-15(3,17)14(19)18-10(2)11-6-7-13(12(16)9-11)22(4,20)21;/h6-7,9-10H,5,8,17H2,1-4H3,(H,18,19);1H. The fourth-order valence-electron chi connectivity index (χ4n) is 2.16. The smallest absolute Gasteiger partial charge is 0.240 e. The maximum absolute atomic E-state index is 13.9. The minimum atomic E-state index is -3.61. The molecule has 3 N–H and O–H groups in total. The van der Waals surface area contributed by atoms with Crippen LogP contribution >= 0.6 is 12.4 Å². The molecule has 0 aliphatic heterocycles. The summed E-state index contributed by atoms with van der Waals surface area (Å²) in [5, 5.41) is 2.73. The minimum absolute atomic E-state index is 0. The zero-order valence-corrected chi connectivity index (χ0v) is 15.4. The molecule has 8 heteroatoms. The molecule has 0 aliphatic rings. The zero-order valence-electron chi connectivity index (χ0n) is 13.7. The zero-order chi connectivity index (χ0) is 17.1. The topological polar surface area (TPSA) is 89.3 Å². The summed E-state index contributed by atoms with van der Waals surface area (Å²) < 4.78 is 36.7. The largest absolute Gasteiger partial charge is 0.348 e. The van der Waals surface area contributed by atoms with Crippen molar-refractivity contribution in [2.24, 2.45) is 5.73 Å². The van der Waals surface area contributed by atoms with Gasteiger partial charge in [-0.1, -0.05) is 19.4 Å². The third-order valence-corrected chi connectivity index (χ3v) is 4.62. The first kappa shape index (κ1) is 21.8. The van der Waals surface area contributed by atoms with Crippen LogP contribution in [-0.4, -0.2) is 26.1 Å². The molecular formula is C15H24ClFN2O3S. The highest BCUT2D eigenvalue weighted by Crippen LogP contribution is 2.21. The van der Waals surface area contributed by atoms with Crippen LogP contribution in [0.5, 0.6) is 0 Å². The summed E-state index contributed by atoms with van der Waals surface area (Å²) >= 11 is 0. The Morgan fingerprint density at radius 1 is 1.43 bits per heavy atom. The lowest BCUT2D eigenvalue weighted by molar-refractivity contribution is -0.126. The number of carbonyl (C=O) groups excluding carboxylic acids is 1. The van der Waals surface area contributed by atoms with Crippen LogP contribution in [0.2, 0.25) is 0 Å². The van der Waals surface area contributed by atoms with Crippen molar-refractivity contribution < 1.29 is 17.6 Å². The highest BCUT2D eigenvalue weighted by atomic mass is 35.5. The van der Waals surface area contributed by atoms with Crippen molar-refractivity contribution in [3.8, 4) is 0 Å². The summed E-state index contributed by atoms with van der Waals surface area (Å²) in [6, 6.07) is 3.33. The fraction of sp³-hybridized carbons (Fsp3) is 0.533. The molecule has 1 aromatic carbocycles. The molecule has 0 radical (unpaired) electrons. The Bertz CT molecular complexity index is 663. The van der Waals surface area contributed by atoms with Crippen LogP contribution in [0.4, 0.5) is 4.39 Å². The Kier molecular flexibility index (Phi) is 7.66. The van der Waals surface area contributed by atoms with Gasteiger partial charge in [0, 0.05) is 6.26 Å². The van der Waals surface area contributed by atoms with Crippen molar-refractivity contribution in [3.63, 3.8) is 0 Å². The first-order valence-corrected chi connectivity index (χ1v) is 8.97. The van der Waals surface area contributed by atoms with Crippen molar-refractivity contribution in [1.29, 1.82) is 0 Å². The van der Waals surface area contributed by atoms with E-state index in [1.165, 1.54) is 12.1 Å². The Balaban J connectivity index is 0.00000484. The SMILES string of the molecule is CCCC(C)(N)C(=O)NC(C)c1ccc(S(C)(=O)=O)c(F)c1.Cl. The number of nitrogens with two attached hydrogens (primary N) is 1. The summed E-state index contributed by atoms with van der Waals surface area (Å²) in [6.45, 7) is 5.27. The monoisotopic (exact) mass is 366 g/mol. The summed E-state index contributed by atoms with van der Waals surface area (Å²) in [6.07, 6.45) is 2.25. The lowest BCUT2D eigenvalue weighted by atomic mass is 9.95. The quantitative estimate of drug-likeness (QED) is 0.808. The molecule has 0 fully saturated rings. The van der Waals surface area contributed by atoms with Crippen molar-refractivity contribution in [2.75, 3.05) is 6.26 Å². The molecule has 0 aliphatic carbocycles. The number of nitrogens with one attached hydrogen (secondary N) is 1. The van der Waals surface area contributed by atoms with Gasteiger partial charge in [-0.25, -0.2) is 12.8 Å². The molecule has 1 aromatic rings. The summed E-state index contributed by atoms with van der Waals surface area (Å²) in [5.41, 5.74) is 5.43. The van der Waals surface area contributed by atoms with Gasteiger partial charge in [-0.15, -0.1) is 12.4 Å². The minimum Gasteiger partial charge on any atom is -0.348 e. The highest BCUT2D eigenvalue weighted by Gasteiger charge is 2.28. The van der Waals surface area contributed by atoms with Gasteiger partial charge in [-0.3, -0.25) is 4.79 Å². The van der Waals surface area contributed by atoms with Gasteiger partial charge in [0.05, 0.1) is 11.6 Å². The lowest BCUT2D eigenvalue weighted by Gasteiger charge is -2.25. The van der Waals surface area contributed by atoms with E-state index in [1.54, 1.807) is 13.8 Å². The average molecular weight is 367 g/mol. The Labute approximate surface area is 143 Å². The Morgan fingerprint density at radius 2 is 2.00 bits per heavy atom. The molecule has 0 saturated heterocycles. The second-order valence-corrected chi connectivity index (χ2v) is 7.81. The van der Waals surface area contributed by atoms with Crippen LogP contribution in [-0.2, 0) is 14.6 Å². The molecule has 1 rings (SSSR count). The molecule has 1 amide bonds.